The molecule has 3 N–H and O–H groups in total. The van der Waals surface area contributed by atoms with Gasteiger partial charge in [-0.2, -0.15) is 0 Å². The number of aryl methyl sites for hydroxylation is 2. The molecular weight excluding hydrogens is 425 g/mol. The summed E-state index contributed by atoms with van der Waals surface area (Å²) in [4.78, 5) is 22.0. The van der Waals surface area contributed by atoms with Crippen LogP contribution >= 0.6 is 35.3 Å². The van der Waals surface area contributed by atoms with Crippen molar-refractivity contribution in [2.75, 3.05) is 20.1 Å². The molecule has 8 heteroatoms. The van der Waals surface area contributed by atoms with Gasteiger partial charge in [-0.15, -0.1) is 35.3 Å². The summed E-state index contributed by atoms with van der Waals surface area (Å²) in [7, 11) is 1.65. The summed E-state index contributed by atoms with van der Waals surface area (Å²) in [6.07, 6.45) is 0. The molecule has 1 heterocycles. The number of carbonyl (C=O) groups excluding carboxylic acids is 1. The van der Waals surface area contributed by atoms with E-state index in [4.69, 9.17) is 0 Å². The van der Waals surface area contributed by atoms with Crippen LogP contribution in [0.15, 0.2) is 4.99 Å². The Morgan fingerprint density at radius 1 is 1.30 bits per heavy atom. The monoisotopic (exact) mass is 453 g/mol. The molecule has 23 heavy (non-hydrogen) atoms. The lowest BCUT2D eigenvalue weighted by Crippen LogP contribution is -2.47. The van der Waals surface area contributed by atoms with Gasteiger partial charge in [0.1, 0.15) is 0 Å². The highest BCUT2D eigenvalue weighted by Gasteiger charge is 2.26. The molecule has 0 aromatic carbocycles. The van der Waals surface area contributed by atoms with E-state index in [9.17, 15) is 4.79 Å². The van der Waals surface area contributed by atoms with Crippen molar-refractivity contribution in [1.29, 1.82) is 0 Å². The molecule has 132 valence electrons. The van der Waals surface area contributed by atoms with Crippen LogP contribution in [0, 0.1) is 19.3 Å². The maximum absolute atomic E-state index is 11.8. The zero-order valence-corrected chi connectivity index (χ0v) is 17.9. The van der Waals surface area contributed by atoms with E-state index >= 15 is 0 Å². The maximum atomic E-state index is 11.8. The average molecular weight is 453 g/mol. The molecule has 0 saturated carbocycles. The molecule has 1 amide bonds. The minimum Gasteiger partial charge on any atom is -0.359 e. The third-order valence-electron chi connectivity index (χ3n) is 3.26. The number of nitrogens with zero attached hydrogens (tertiary/aromatic N) is 2. The number of rotatable bonds is 6. The Balaban J connectivity index is 0.00000484. The number of thiazole rings is 1. The van der Waals surface area contributed by atoms with E-state index in [1.807, 2.05) is 34.6 Å². The predicted molar refractivity (Wildman–Crippen MR) is 108 cm³/mol. The minimum absolute atomic E-state index is 0. The summed E-state index contributed by atoms with van der Waals surface area (Å²) in [6.45, 7) is 11.7. The Bertz CT molecular complexity index is 542. The van der Waals surface area contributed by atoms with Gasteiger partial charge in [0.05, 0.1) is 22.7 Å². The maximum Gasteiger partial charge on any atom is 0.227 e. The number of hydrogen-bond donors (Lipinski definition) is 3. The second-order valence-electron chi connectivity index (χ2n) is 5.75. The van der Waals surface area contributed by atoms with Crippen molar-refractivity contribution < 1.29 is 4.79 Å². The van der Waals surface area contributed by atoms with Gasteiger partial charge in [-0.25, -0.2) is 9.98 Å². The Kier molecular flexibility index (Phi) is 9.67. The quantitative estimate of drug-likeness (QED) is 0.351. The van der Waals surface area contributed by atoms with Crippen LogP contribution in [0.25, 0.3) is 0 Å². The fraction of sp³-hybridized carbons (Fsp3) is 0.667. The lowest BCUT2D eigenvalue weighted by Gasteiger charge is -2.24. The summed E-state index contributed by atoms with van der Waals surface area (Å²) in [6, 6.07) is 0. The summed E-state index contributed by atoms with van der Waals surface area (Å²) in [5.41, 5.74) is 0.537. The molecular formula is C15H28IN5OS. The zero-order chi connectivity index (χ0) is 16.8. The molecule has 0 radical (unpaired) electrons. The van der Waals surface area contributed by atoms with Gasteiger partial charge >= 0.3 is 0 Å². The van der Waals surface area contributed by atoms with Gasteiger partial charge in [0.2, 0.25) is 5.91 Å². The van der Waals surface area contributed by atoms with Gasteiger partial charge in [-0.1, -0.05) is 0 Å². The Hall–Kier alpha value is -0.900. The van der Waals surface area contributed by atoms with E-state index < -0.39 is 5.41 Å². The SMILES string of the molecule is CCNC(=NCc1sc(C)nc1C)NCC(C)(C)C(=O)NC.I. The molecule has 6 nitrogen and oxygen atoms in total. The van der Waals surface area contributed by atoms with Crippen LogP contribution in [0.4, 0.5) is 0 Å². The van der Waals surface area contributed by atoms with Crippen LogP contribution in [0.3, 0.4) is 0 Å². The number of amides is 1. The molecule has 0 unspecified atom stereocenters. The van der Waals surface area contributed by atoms with Crippen molar-refractivity contribution in [1.82, 2.24) is 20.9 Å². The molecule has 0 saturated heterocycles. The van der Waals surface area contributed by atoms with Gasteiger partial charge < -0.3 is 16.0 Å². The first-order valence-corrected chi connectivity index (χ1v) is 8.29. The van der Waals surface area contributed by atoms with Gasteiger partial charge in [-0.05, 0) is 34.6 Å². The van der Waals surface area contributed by atoms with E-state index in [-0.39, 0.29) is 29.9 Å². The number of aromatic nitrogens is 1. The van der Waals surface area contributed by atoms with Crippen LogP contribution in [0.5, 0.6) is 0 Å². The number of carbonyl (C=O) groups is 1. The average Bonchev–Trinajstić information content (AvgIpc) is 2.79. The van der Waals surface area contributed by atoms with E-state index in [2.05, 4.69) is 25.9 Å². The van der Waals surface area contributed by atoms with Crippen LogP contribution in [-0.2, 0) is 11.3 Å². The molecule has 0 spiro atoms. The van der Waals surface area contributed by atoms with Crippen LogP contribution in [0.1, 0.15) is 36.3 Å². The smallest absolute Gasteiger partial charge is 0.227 e. The Morgan fingerprint density at radius 2 is 1.96 bits per heavy atom. The first-order chi connectivity index (χ1) is 10.3. The highest BCUT2D eigenvalue weighted by Crippen LogP contribution is 2.18. The predicted octanol–water partition coefficient (Wildman–Crippen LogP) is 2.21. The topological polar surface area (TPSA) is 78.4 Å². The summed E-state index contributed by atoms with van der Waals surface area (Å²) in [5, 5.41) is 10.2. The summed E-state index contributed by atoms with van der Waals surface area (Å²) in [5.74, 6) is 0.717. The van der Waals surface area contributed by atoms with Gasteiger partial charge in [0.15, 0.2) is 5.96 Å². The van der Waals surface area contributed by atoms with Crippen molar-refractivity contribution in [3.63, 3.8) is 0 Å². The standard InChI is InChI=1S/C15H27N5OS.HI/c1-7-17-14(19-9-15(4,5)13(21)16-6)18-8-12-10(2)20-11(3)22-12;/h7-9H2,1-6H3,(H,16,21)(H2,17,18,19);1H. The van der Waals surface area contributed by atoms with Crippen molar-refractivity contribution in [3.05, 3.63) is 15.6 Å². The molecule has 0 aliphatic rings. The normalized spacial score (nSPS) is 11.7. The van der Waals surface area contributed by atoms with E-state index in [1.54, 1.807) is 18.4 Å². The van der Waals surface area contributed by atoms with Crippen LogP contribution < -0.4 is 16.0 Å². The lowest BCUT2D eigenvalue weighted by molar-refractivity contribution is -0.128. The number of hydrogen-bond acceptors (Lipinski definition) is 4. The molecule has 1 rings (SSSR count). The molecule has 0 bridgehead atoms. The third kappa shape index (κ3) is 7.03. The van der Waals surface area contributed by atoms with Crippen molar-refractivity contribution in [2.45, 2.75) is 41.2 Å². The first kappa shape index (κ1) is 22.1. The highest BCUT2D eigenvalue weighted by molar-refractivity contribution is 14.0. The largest absolute Gasteiger partial charge is 0.359 e. The number of nitrogens with one attached hydrogen (secondary N) is 3. The Morgan fingerprint density at radius 3 is 2.43 bits per heavy atom. The number of aliphatic imine (C=N–C) groups is 1. The summed E-state index contributed by atoms with van der Waals surface area (Å²) < 4.78 is 0. The van der Waals surface area contributed by atoms with Crippen LogP contribution in [-0.4, -0.2) is 37.0 Å². The molecule has 0 aliphatic heterocycles. The fourth-order valence-electron chi connectivity index (χ4n) is 1.94. The van der Waals surface area contributed by atoms with Gasteiger partial charge in [0.25, 0.3) is 0 Å². The molecule has 1 aromatic rings. The molecule has 1 aromatic heterocycles. The molecule has 0 atom stereocenters. The zero-order valence-electron chi connectivity index (χ0n) is 14.7. The second-order valence-corrected chi connectivity index (χ2v) is 7.04. The summed E-state index contributed by atoms with van der Waals surface area (Å²) >= 11 is 1.67. The van der Waals surface area contributed by atoms with E-state index in [0.29, 0.717) is 19.0 Å². The van der Waals surface area contributed by atoms with Gasteiger partial charge in [0, 0.05) is 25.0 Å². The van der Waals surface area contributed by atoms with Crippen molar-refractivity contribution in [2.24, 2.45) is 10.4 Å². The third-order valence-corrected chi connectivity index (χ3v) is 4.32. The van der Waals surface area contributed by atoms with E-state index in [1.165, 1.54) is 4.88 Å². The fourth-order valence-corrected chi connectivity index (χ4v) is 2.80. The Labute approximate surface area is 160 Å². The first-order valence-electron chi connectivity index (χ1n) is 7.47. The molecule has 0 fully saturated rings. The van der Waals surface area contributed by atoms with Crippen molar-refractivity contribution in [3.8, 4) is 0 Å². The van der Waals surface area contributed by atoms with E-state index in [0.717, 1.165) is 17.2 Å². The number of halogens is 1. The van der Waals surface area contributed by atoms with Crippen LogP contribution in [0.2, 0.25) is 0 Å². The number of guanidine groups is 1. The molecule has 0 aliphatic carbocycles. The lowest BCUT2D eigenvalue weighted by atomic mass is 9.92. The highest BCUT2D eigenvalue weighted by atomic mass is 127. The van der Waals surface area contributed by atoms with Crippen molar-refractivity contribution >= 4 is 47.2 Å². The second kappa shape index (κ2) is 10.1. The minimum atomic E-state index is -0.498. The van der Waals surface area contributed by atoms with Gasteiger partial charge in [-0.3, -0.25) is 4.79 Å².